The molecule has 3 aromatic rings. The molecule has 1 aliphatic rings. The van der Waals surface area contributed by atoms with E-state index in [4.69, 9.17) is 13.9 Å². The molecule has 1 amide bonds. The smallest absolute Gasteiger partial charge is 0.290 e. The van der Waals surface area contributed by atoms with Gasteiger partial charge < -0.3 is 18.8 Å². The van der Waals surface area contributed by atoms with Gasteiger partial charge in [-0.2, -0.15) is 0 Å². The van der Waals surface area contributed by atoms with Gasteiger partial charge in [0.15, 0.2) is 5.43 Å². The molecule has 6 heteroatoms. The van der Waals surface area contributed by atoms with E-state index < -0.39 is 6.04 Å². The van der Waals surface area contributed by atoms with Crippen LogP contribution in [0, 0.1) is 6.92 Å². The minimum Gasteiger partial charge on any atom is -0.494 e. The van der Waals surface area contributed by atoms with Crippen LogP contribution in [-0.4, -0.2) is 37.7 Å². The summed E-state index contributed by atoms with van der Waals surface area (Å²) in [6, 6.07) is 12.5. The molecule has 1 aliphatic heterocycles. The van der Waals surface area contributed by atoms with Gasteiger partial charge in [-0.25, -0.2) is 0 Å². The zero-order chi connectivity index (χ0) is 22.0. The normalized spacial score (nSPS) is 15.5. The molecule has 162 valence electrons. The van der Waals surface area contributed by atoms with Crippen LogP contribution in [0.2, 0.25) is 0 Å². The van der Waals surface area contributed by atoms with Crippen LogP contribution in [0.15, 0.2) is 51.7 Å². The first-order chi connectivity index (χ1) is 15.0. The molecule has 0 radical (unpaired) electrons. The van der Waals surface area contributed by atoms with Crippen molar-refractivity contribution >= 4 is 16.9 Å². The molecule has 31 heavy (non-hydrogen) atoms. The Hall–Kier alpha value is -3.12. The van der Waals surface area contributed by atoms with Crippen molar-refractivity contribution in [2.75, 3.05) is 26.9 Å². The van der Waals surface area contributed by atoms with Crippen LogP contribution >= 0.6 is 0 Å². The molecule has 0 spiro atoms. The molecule has 2 heterocycles. The number of hydrogen-bond donors (Lipinski definition) is 0. The van der Waals surface area contributed by atoms with Gasteiger partial charge in [0, 0.05) is 20.3 Å². The van der Waals surface area contributed by atoms with Crippen LogP contribution in [0.3, 0.4) is 0 Å². The second-order valence-corrected chi connectivity index (χ2v) is 7.84. The van der Waals surface area contributed by atoms with E-state index in [1.54, 1.807) is 18.1 Å². The number of hydrogen-bond acceptors (Lipinski definition) is 5. The number of nitrogens with zero attached hydrogens (tertiary/aromatic N) is 1. The lowest BCUT2D eigenvalue weighted by atomic mass is 9.98. The molecule has 2 aromatic carbocycles. The van der Waals surface area contributed by atoms with E-state index in [-0.39, 0.29) is 17.1 Å². The molecular weight excluding hydrogens is 394 g/mol. The van der Waals surface area contributed by atoms with Gasteiger partial charge >= 0.3 is 0 Å². The number of rotatable bonds is 8. The Morgan fingerprint density at radius 3 is 2.71 bits per heavy atom. The summed E-state index contributed by atoms with van der Waals surface area (Å²) in [4.78, 5) is 28.6. The predicted octanol–water partition coefficient (Wildman–Crippen LogP) is 4.47. The Labute approximate surface area is 181 Å². The maximum absolute atomic E-state index is 13.5. The SMILES string of the molecule is CCCOc1cccc([C@H]2c3c(oc4ccc(C)cc4c3=O)C(=O)N2CCCOC)c1. The van der Waals surface area contributed by atoms with Crippen LogP contribution in [0.5, 0.6) is 5.75 Å². The number of amides is 1. The Morgan fingerprint density at radius 1 is 1.10 bits per heavy atom. The van der Waals surface area contributed by atoms with E-state index in [2.05, 4.69) is 0 Å². The van der Waals surface area contributed by atoms with Crippen molar-refractivity contribution in [1.82, 2.24) is 4.90 Å². The quantitative estimate of drug-likeness (QED) is 0.502. The first-order valence-electron chi connectivity index (χ1n) is 10.6. The van der Waals surface area contributed by atoms with Gasteiger partial charge in [-0.3, -0.25) is 9.59 Å². The van der Waals surface area contributed by atoms with Gasteiger partial charge in [0.2, 0.25) is 5.76 Å². The monoisotopic (exact) mass is 421 g/mol. The Morgan fingerprint density at radius 2 is 1.94 bits per heavy atom. The molecule has 0 fully saturated rings. The highest BCUT2D eigenvalue weighted by molar-refractivity contribution is 5.99. The fraction of sp³-hybridized carbons (Fsp3) is 0.360. The number of carbonyl (C=O) groups is 1. The van der Waals surface area contributed by atoms with Crippen molar-refractivity contribution in [3.63, 3.8) is 0 Å². The highest BCUT2D eigenvalue weighted by Gasteiger charge is 2.42. The fourth-order valence-electron chi connectivity index (χ4n) is 4.08. The molecule has 0 N–H and O–H groups in total. The van der Waals surface area contributed by atoms with E-state index in [0.717, 1.165) is 23.3 Å². The number of fused-ring (bicyclic) bond motifs is 2. The lowest BCUT2D eigenvalue weighted by Gasteiger charge is -2.25. The van der Waals surface area contributed by atoms with Gasteiger partial charge in [-0.15, -0.1) is 0 Å². The van der Waals surface area contributed by atoms with Gasteiger partial charge in [-0.05, 0) is 49.6 Å². The van der Waals surface area contributed by atoms with Crippen LogP contribution in [0.4, 0.5) is 0 Å². The second kappa shape index (κ2) is 8.94. The second-order valence-electron chi connectivity index (χ2n) is 7.84. The highest BCUT2D eigenvalue weighted by atomic mass is 16.5. The summed E-state index contributed by atoms with van der Waals surface area (Å²) in [6.45, 7) is 5.56. The van der Waals surface area contributed by atoms with Gasteiger partial charge in [0.05, 0.1) is 23.6 Å². The van der Waals surface area contributed by atoms with Crippen molar-refractivity contribution in [1.29, 1.82) is 0 Å². The molecule has 1 atom stereocenters. The van der Waals surface area contributed by atoms with E-state index >= 15 is 0 Å². The van der Waals surface area contributed by atoms with Gasteiger partial charge in [0.25, 0.3) is 5.91 Å². The van der Waals surface area contributed by atoms with Crippen molar-refractivity contribution < 1.29 is 18.7 Å². The van der Waals surface area contributed by atoms with Crippen molar-refractivity contribution in [3.05, 3.63) is 75.1 Å². The van der Waals surface area contributed by atoms with Gasteiger partial charge in [0.1, 0.15) is 11.3 Å². The summed E-state index contributed by atoms with van der Waals surface area (Å²) >= 11 is 0. The van der Waals surface area contributed by atoms with E-state index in [1.165, 1.54) is 0 Å². The molecular formula is C25H27NO5. The number of carbonyl (C=O) groups excluding carboxylic acids is 1. The summed E-state index contributed by atoms with van der Waals surface area (Å²) < 4.78 is 17.0. The van der Waals surface area contributed by atoms with Crippen LogP contribution in [0.25, 0.3) is 11.0 Å². The van der Waals surface area contributed by atoms with Crippen molar-refractivity contribution in [3.8, 4) is 5.75 Å². The summed E-state index contributed by atoms with van der Waals surface area (Å²) in [5, 5.41) is 0.494. The van der Waals surface area contributed by atoms with Crippen LogP contribution < -0.4 is 10.2 Å². The third-order valence-electron chi connectivity index (χ3n) is 5.52. The zero-order valence-corrected chi connectivity index (χ0v) is 18.1. The first kappa shape index (κ1) is 21.1. The highest BCUT2D eigenvalue weighted by Crippen LogP contribution is 2.39. The first-order valence-corrected chi connectivity index (χ1v) is 10.6. The number of aryl methyl sites for hydroxylation is 1. The minimum absolute atomic E-state index is 0.128. The number of benzene rings is 2. The summed E-state index contributed by atoms with van der Waals surface area (Å²) in [6.07, 6.45) is 1.55. The molecule has 4 rings (SSSR count). The third kappa shape index (κ3) is 3.95. The average Bonchev–Trinajstić information content (AvgIpc) is 3.05. The summed E-state index contributed by atoms with van der Waals surface area (Å²) in [5.41, 5.74) is 2.46. The molecule has 1 aromatic heterocycles. The largest absolute Gasteiger partial charge is 0.494 e. The minimum atomic E-state index is -0.523. The van der Waals surface area contributed by atoms with E-state index in [1.807, 2.05) is 50.2 Å². The zero-order valence-electron chi connectivity index (χ0n) is 18.1. The third-order valence-corrected chi connectivity index (χ3v) is 5.52. The van der Waals surface area contributed by atoms with E-state index in [9.17, 15) is 9.59 Å². The molecule has 0 bridgehead atoms. The fourth-order valence-corrected chi connectivity index (χ4v) is 4.08. The van der Waals surface area contributed by atoms with Crippen molar-refractivity contribution in [2.24, 2.45) is 0 Å². The van der Waals surface area contributed by atoms with E-state index in [0.29, 0.717) is 42.7 Å². The molecule has 0 saturated carbocycles. The Kier molecular flexibility index (Phi) is 6.09. The number of ether oxygens (including phenoxy) is 2. The standard InChI is InChI=1S/C25H27NO5/c1-4-12-30-18-8-5-7-17(15-18)22-21-23(27)19-14-16(2)9-10-20(19)31-24(21)25(28)26(22)11-6-13-29-3/h5,7-10,14-15,22H,4,6,11-13H2,1-3H3/t22-/m0/s1. The number of methoxy groups -OCH3 is 1. The maximum atomic E-state index is 13.5. The predicted molar refractivity (Wildman–Crippen MR) is 119 cm³/mol. The lowest BCUT2D eigenvalue weighted by Crippen LogP contribution is -2.31. The molecule has 0 unspecified atom stereocenters. The average molecular weight is 421 g/mol. The molecule has 0 saturated heterocycles. The maximum Gasteiger partial charge on any atom is 0.290 e. The topological polar surface area (TPSA) is 69.0 Å². The summed E-state index contributed by atoms with van der Waals surface area (Å²) in [7, 11) is 1.63. The molecule has 0 aliphatic carbocycles. The van der Waals surface area contributed by atoms with Crippen LogP contribution in [-0.2, 0) is 4.74 Å². The lowest BCUT2D eigenvalue weighted by molar-refractivity contribution is 0.0707. The Balaban J connectivity index is 1.87. The Bertz CT molecular complexity index is 1170. The van der Waals surface area contributed by atoms with Crippen LogP contribution in [0.1, 0.15) is 53.1 Å². The van der Waals surface area contributed by atoms with Gasteiger partial charge in [-0.1, -0.05) is 30.7 Å². The molecule has 6 nitrogen and oxygen atoms in total. The summed E-state index contributed by atoms with van der Waals surface area (Å²) in [5.74, 6) is 0.581. The van der Waals surface area contributed by atoms with Crippen molar-refractivity contribution in [2.45, 2.75) is 32.7 Å².